The van der Waals surface area contributed by atoms with Gasteiger partial charge in [-0.25, -0.2) is 0 Å². The molecule has 1 aromatic rings. The lowest BCUT2D eigenvalue weighted by molar-refractivity contribution is 0.0156. The summed E-state index contributed by atoms with van der Waals surface area (Å²) < 4.78 is 11.0. The predicted molar refractivity (Wildman–Crippen MR) is 83.9 cm³/mol. The molecule has 21 heavy (non-hydrogen) atoms. The molecule has 1 N–H and O–H groups in total. The van der Waals surface area contributed by atoms with Crippen LogP contribution in [0, 0.1) is 11.3 Å². The fraction of sp³-hybridized carbons (Fsp3) is 0.588. The first-order valence-electron chi connectivity index (χ1n) is 7.55. The SMILES string of the molecule is CCNC(C#N)(CCOCCOC(C)C)c1ccccc1. The largest absolute Gasteiger partial charge is 0.379 e. The van der Waals surface area contributed by atoms with E-state index in [1.807, 2.05) is 51.1 Å². The maximum atomic E-state index is 9.64. The first-order chi connectivity index (χ1) is 10.1. The number of ether oxygens (including phenoxy) is 2. The van der Waals surface area contributed by atoms with Gasteiger partial charge < -0.3 is 9.47 Å². The highest BCUT2D eigenvalue weighted by molar-refractivity contribution is 5.31. The number of nitrogens with zero attached hydrogens (tertiary/aromatic N) is 1. The van der Waals surface area contributed by atoms with Gasteiger partial charge in [0, 0.05) is 13.0 Å². The van der Waals surface area contributed by atoms with Gasteiger partial charge in [0.1, 0.15) is 5.54 Å². The Morgan fingerprint density at radius 3 is 2.48 bits per heavy atom. The quantitative estimate of drug-likeness (QED) is 0.673. The third-order valence-corrected chi connectivity index (χ3v) is 3.24. The number of rotatable bonds is 10. The summed E-state index contributed by atoms with van der Waals surface area (Å²) in [6, 6.07) is 12.2. The van der Waals surface area contributed by atoms with Crippen molar-refractivity contribution in [1.82, 2.24) is 5.32 Å². The molecule has 0 fully saturated rings. The van der Waals surface area contributed by atoms with Crippen molar-refractivity contribution in [1.29, 1.82) is 5.26 Å². The summed E-state index contributed by atoms with van der Waals surface area (Å²) in [6.45, 7) is 8.41. The first-order valence-corrected chi connectivity index (χ1v) is 7.55. The molecule has 4 heteroatoms. The smallest absolute Gasteiger partial charge is 0.134 e. The lowest BCUT2D eigenvalue weighted by atomic mass is 9.88. The number of benzene rings is 1. The van der Waals surface area contributed by atoms with Crippen molar-refractivity contribution in [3.05, 3.63) is 35.9 Å². The normalized spacial score (nSPS) is 13.9. The molecule has 0 aliphatic heterocycles. The predicted octanol–water partition coefficient (Wildman–Crippen LogP) is 2.85. The average Bonchev–Trinajstić information content (AvgIpc) is 2.50. The monoisotopic (exact) mass is 290 g/mol. The third kappa shape index (κ3) is 5.84. The van der Waals surface area contributed by atoms with Crippen LogP contribution in [-0.4, -0.2) is 32.5 Å². The summed E-state index contributed by atoms with van der Waals surface area (Å²) in [5.41, 5.74) is 0.297. The molecule has 116 valence electrons. The second kappa shape index (κ2) is 9.51. The molecule has 0 heterocycles. The van der Waals surface area contributed by atoms with E-state index in [0.29, 0.717) is 26.2 Å². The summed E-state index contributed by atoms with van der Waals surface area (Å²) in [5.74, 6) is 0. The van der Waals surface area contributed by atoms with E-state index in [1.54, 1.807) is 0 Å². The van der Waals surface area contributed by atoms with Crippen LogP contribution in [0.3, 0.4) is 0 Å². The van der Waals surface area contributed by atoms with Crippen LogP contribution in [0.4, 0.5) is 0 Å². The van der Waals surface area contributed by atoms with E-state index in [9.17, 15) is 5.26 Å². The third-order valence-electron chi connectivity index (χ3n) is 3.24. The minimum absolute atomic E-state index is 0.220. The number of hydrogen-bond donors (Lipinski definition) is 1. The number of nitriles is 1. The molecule has 1 atom stereocenters. The first kappa shape index (κ1) is 17.6. The molecule has 1 aromatic carbocycles. The maximum Gasteiger partial charge on any atom is 0.134 e. The minimum Gasteiger partial charge on any atom is -0.379 e. The molecular formula is C17H26N2O2. The van der Waals surface area contributed by atoms with Gasteiger partial charge in [-0.3, -0.25) is 5.32 Å². The Kier molecular flexibility index (Phi) is 7.99. The molecule has 0 saturated heterocycles. The van der Waals surface area contributed by atoms with Gasteiger partial charge in [0.2, 0.25) is 0 Å². The molecule has 4 nitrogen and oxygen atoms in total. The second-order valence-corrected chi connectivity index (χ2v) is 5.20. The van der Waals surface area contributed by atoms with Gasteiger partial charge in [0.25, 0.3) is 0 Å². The Balaban J connectivity index is 2.54. The molecule has 0 radical (unpaired) electrons. The van der Waals surface area contributed by atoms with Crippen molar-refractivity contribution >= 4 is 0 Å². The van der Waals surface area contributed by atoms with E-state index in [1.165, 1.54) is 0 Å². The van der Waals surface area contributed by atoms with Crippen molar-refractivity contribution in [3.63, 3.8) is 0 Å². The zero-order valence-corrected chi connectivity index (χ0v) is 13.3. The Morgan fingerprint density at radius 1 is 1.19 bits per heavy atom. The Hall–Kier alpha value is -1.41. The van der Waals surface area contributed by atoms with E-state index < -0.39 is 5.54 Å². The van der Waals surface area contributed by atoms with Gasteiger partial charge >= 0.3 is 0 Å². The zero-order chi connectivity index (χ0) is 15.6. The van der Waals surface area contributed by atoms with E-state index in [2.05, 4.69) is 11.4 Å². The van der Waals surface area contributed by atoms with Crippen molar-refractivity contribution in [3.8, 4) is 6.07 Å². The van der Waals surface area contributed by atoms with Gasteiger partial charge in [-0.1, -0.05) is 37.3 Å². The van der Waals surface area contributed by atoms with Crippen molar-refractivity contribution < 1.29 is 9.47 Å². The van der Waals surface area contributed by atoms with Gasteiger partial charge in [-0.05, 0) is 26.0 Å². The maximum absolute atomic E-state index is 9.64. The van der Waals surface area contributed by atoms with E-state index in [0.717, 1.165) is 12.1 Å². The van der Waals surface area contributed by atoms with Gasteiger partial charge in [-0.15, -0.1) is 0 Å². The van der Waals surface area contributed by atoms with Crippen LogP contribution in [0.15, 0.2) is 30.3 Å². The lowest BCUT2D eigenvalue weighted by Crippen LogP contribution is -2.42. The van der Waals surface area contributed by atoms with Gasteiger partial charge in [0.15, 0.2) is 0 Å². The molecule has 0 bridgehead atoms. The average molecular weight is 290 g/mol. The fourth-order valence-corrected chi connectivity index (χ4v) is 2.19. The standard InChI is InChI=1S/C17H26N2O2/c1-4-19-17(14-18,16-8-6-5-7-9-16)10-11-20-12-13-21-15(2)3/h5-9,15,19H,4,10-13H2,1-3H3. The van der Waals surface area contributed by atoms with Crippen LogP contribution in [0.5, 0.6) is 0 Å². The van der Waals surface area contributed by atoms with Crippen LogP contribution in [0.2, 0.25) is 0 Å². The van der Waals surface area contributed by atoms with Crippen molar-refractivity contribution in [2.45, 2.75) is 38.8 Å². The summed E-state index contributed by atoms with van der Waals surface area (Å²) >= 11 is 0. The summed E-state index contributed by atoms with van der Waals surface area (Å²) in [6.07, 6.45) is 0.834. The van der Waals surface area contributed by atoms with Crippen molar-refractivity contribution in [2.75, 3.05) is 26.4 Å². The topological polar surface area (TPSA) is 54.3 Å². The Labute approximate surface area is 128 Å². The molecule has 0 aliphatic rings. The lowest BCUT2D eigenvalue weighted by Gasteiger charge is -2.28. The van der Waals surface area contributed by atoms with E-state index >= 15 is 0 Å². The summed E-state index contributed by atoms with van der Waals surface area (Å²) in [5, 5.41) is 12.9. The molecule has 1 unspecified atom stereocenters. The Bertz CT molecular complexity index is 428. The van der Waals surface area contributed by atoms with Gasteiger partial charge in [0.05, 0.1) is 25.4 Å². The molecule has 0 saturated carbocycles. The van der Waals surface area contributed by atoms with Crippen LogP contribution in [0.1, 0.15) is 32.8 Å². The summed E-state index contributed by atoms with van der Waals surface area (Å²) in [7, 11) is 0. The highest BCUT2D eigenvalue weighted by atomic mass is 16.5. The molecule has 0 aromatic heterocycles. The van der Waals surface area contributed by atoms with Crippen LogP contribution in [-0.2, 0) is 15.0 Å². The minimum atomic E-state index is -0.686. The molecule has 1 rings (SSSR count). The molecule has 0 amide bonds. The van der Waals surface area contributed by atoms with Gasteiger partial charge in [-0.2, -0.15) is 5.26 Å². The number of hydrogen-bond acceptors (Lipinski definition) is 4. The molecular weight excluding hydrogens is 264 g/mol. The van der Waals surface area contributed by atoms with Crippen LogP contribution >= 0.6 is 0 Å². The van der Waals surface area contributed by atoms with E-state index in [4.69, 9.17) is 9.47 Å². The molecule has 0 aliphatic carbocycles. The van der Waals surface area contributed by atoms with Crippen LogP contribution in [0.25, 0.3) is 0 Å². The highest BCUT2D eigenvalue weighted by Gasteiger charge is 2.30. The zero-order valence-electron chi connectivity index (χ0n) is 13.3. The number of nitrogens with one attached hydrogen (secondary N) is 1. The van der Waals surface area contributed by atoms with Crippen molar-refractivity contribution in [2.24, 2.45) is 0 Å². The Morgan fingerprint density at radius 2 is 1.90 bits per heavy atom. The van der Waals surface area contributed by atoms with Crippen LogP contribution < -0.4 is 5.32 Å². The second-order valence-electron chi connectivity index (χ2n) is 5.20. The summed E-state index contributed by atoms with van der Waals surface area (Å²) in [4.78, 5) is 0. The highest BCUT2D eigenvalue weighted by Crippen LogP contribution is 2.24. The van der Waals surface area contributed by atoms with E-state index in [-0.39, 0.29) is 6.10 Å². The fourth-order valence-electron chi connectivity index (χ4n) is 2.19. The molecule has 0 spiro atoms.